The lowest BCUT2D eigenvalue weighted by molar-refractivity contribution is 0.446. The number of nitrogens with one attached hydrogen (secondary N) is 1. The van der Waals surface area contributed by atoms with Crippen LogP contribution in [-0.2, 0) is 5.41 Å². The van der Waals surface area contributed by atoms with Crippen molar-refractivity contribution in [3.05, 3.63) is 10.6 Å². The van der Waals surface area contributed by atoms with Crippen molar-refractivity contribution in [2.45, 2.75) is 38.0 Å². The Hall–Kier alpha value is -0.840. The normalized spacial score (nSPS) is 20.7. The highest BCUT2D eigenvalue weighted by atomic mass is 32.1. The molecule has 72 valence electrons. The van der Waals surface area contributed by atoms with Crippen LogP contribution in [0.5, 0.6) is 0 Å². The van der Waals surface area contributed by atoms with Crippen molar-refractivity contribution >= 4 is 12.2 Å². The SMILES string of the molecule is CC1(c2n[nH]c(=S)n2N)CCCC1. The van der Waals surface area contributed by atoms with E-state index in [0.717, 1.165) is 18.7 Å². The summed E-state index contributed by atoms with van der Waals surface area (Å²) < 4.78 is 2.00. The molecule has 0 spiro atoms. The molecule has 1 saturated carbocycles. The fourth-order valence-electron chi connectivity index (χ4n) is 2.11. The molecule has 0 atom stereocenters. The molecule has 0 radical (unpaired) electrons. The zero-order valence-electron chi connectivity index (χ0n) is 7.71. The van der Waals surface area contributed by atoms with Gasteiger partial charge in [0.05, 0.1) is 0 Å². The van der Waals surface area contributed by atoms with E-state index in [4.69, 9.17) is 18.1 Å². The third-order valence-corrected chi connectivity index (χ3v) is 3.24. The van der Waals surface area contributed by atoms with Gasteiger partial charge in [0.25, 0.3) is 0 Å². The summed E-state index contributed by atoms with van der Waals surface area (Å²) in [5.74, 6) is 6.68. The molecule has 0 saturated heterocycles. The maximum absolute atomic E-state index is 5.79. The van der Waals surface area contributed by atoms with E-state index in [9.17, 15) is 0 Å². The summed E-state index contributed by atoms with van der Waals surface area (Å²) in [6, 6.07) is 0. The summed E-state index contributed by atoms with van der Waals surface area (Å²) >= 11 is 4.98. The molecule has 4 nitrogen and oxygen atoms in total. The van der Waals surface area contributed by atoms with Crippen molar-refractivity contribution < 1.29 is 0 Å². The Morgan fingerprint density at radius 1 is 1.54 bits per heavy atom. The minimum absolute atomic E-state index is 0.127. The van der Waals surface area contributed by atoms with Crippen molar-refractivity contribution in [1.82, 2.24) is 14.9 Å². The standard InChI is InChI=1S/C8H14N4S/c1-8(4-2-3-5-8)6-10-11-7(13)12(6)9/h2-5,9H2,1H3,(H,11,13). The molecule has 5 heteroatoms. The number of nitrogens with two attached hydrogens (primary N) is 1. The summed E-state index contributed by atoms with van der Waals surface area (Å²) in [6.45, 7) is 2.20. The Labute approximate surface area is 82.1 Å². The number of hydrogen-bond donors (Lipinski definition) is 2. The van der Waals surface area contributed by atoms with Gasteiger partial charge in [-0.2, -0.15) is 5.10 Å². The first kappa shape index (κ1) is 8.74. The summed E-state index contributed by atoms with van der Waals surface area (Å²) in [4.78, 5) is 0. The van der Waals surface area contributed by atoms with Crippen LogP contribution in [0, 0.1) is 4.77 Å². The number of nitrogens with zero attached hydrogens (tertiary/aromatic N) is 2. The molecule has 2 rings (SSSR count). The van der Waals surface area contributed by atoms with Crippen LogP contribution in [0.4, 0.5) is 0 Å². The molecular formula is C8H14N4S. The molecule has 0 aliphatic heterocycles. The largest absolute Gasteiger partial charge is 0.335 e. The van der Waals surface area contributed by atoms with Gasteiger partial charge in [-0.05, 0) is 25.1 Å². The number of aromatic amines is 1. The number of hydrogen-bond acceptors (Lipinski definition) is 3. The molecule has 1 heterocycles. The van der Waals surface area contributed by atoms with Crippen LogP contribution in [-0.4, -0.2) is 14.9 Å². The molecule has 13 heavy (non-hydrogen) atoms. The van der Waals surface area contributed by atoms with Crippen LogP contribution < -0.4 is 5.84 Å². The van der Waals surface area contributed by atoms with E-state index >= 15 is 0 Å². The second-order valence-electron chi connectivity index (χ2n) is 3.99. The lowest BCUT2D eigenvalue weighted by Crippen LogP contribution is -2.26. The highest BCUT2D eigenvalue weighted by Gasteiger charge is 2.34. The molecule has 1 aliphatic rings. The summed E-state index contributed by atoms with van der Waals surface area (Å²) in [5.41, 5.74) is 0.127. The van der Waals surface area contributed by atoms with Gasteiger partial charge in [0.1, 0.15) is 0 Å². The molecule has 0 amide bonds. The Bertz CT molecular complexity index is 358. The van der Waals surface area contributed by atoms with Crippen LogP contribution in [0.2, 0.25) is 0 Å². The van der Waals surface area contributed by atoms with Gasteiger partial charge in [-0.15, -0.1) is 0 Å². The Kier molecular flexibility index (Phi) is 1.91. The number of rotatable bonds is 1. The summed E-state index contributed by atoms with van der Waals surface area (Å²) in [6.07, 6.45) is 4.83. The van der Waals surface area contributed by atoms with Gasteiger partial charge in [0, 0.05) is 5.41 Å². The van der Waals surface area contributed by atoms with E-state index in [-0.39, 0.29) is 5.41 Å². The molecule has 0 bridgehead atoms. The monoisotopic (exact) mass is 198 g/mol. The lowest BCUT2D eigenvalue weighted by atomic mass is 9.88. The van der Waals surface area contributed by atoms with E-state index < -0.39 is 0 Å². The third kappa shape index (κ3) is 1.27. The average molecular weight is 198 g/mol. The number of H-pyrrole nitrogens is 1. The number of nitrogen functional groups attached to an aromatic ring is 1. The first-order valence-corrected chi connectivity index (χ1v) is 4.97. The van der Waals surface area contributed by atoms with Crippen LogP contribution in [0.25, 0.3) is 0 Å². The van der Waals surface area contributed by atoms with Crippen molar-refractivity contribution in [2.24, 2.45) is 0 Å². The molecule has 1 aliphatic carbocycles. The molecule has 1 aromatic heterocycles. The molecular weight excluding hydrogens is 184 g/mol. The summed E-state index contributed by atoms with van der Waals surface area (Å²) in [7, 11) is 0. The zero-order chi connectivity index (χ0) is 9.47. The predicted octanol–water partition coefficient (Wildman–Crippen LogP) is 1.49. The maximum atomic E-state index is 5.79. The van der Waals surface area contributed by atoms with E-state index in [0.29, 0.717) is 4.77 Å². The molecule has 0 aromatic carbocycles. The molecule has 3 N–H and O–H groups in total. The second-order valence-corrected chi connectivity index (χ2v) is 4.38. The fourth-order valence-corrected chi connectivity index (χ4v) is 2.24. The van der Waals surface area contributed by atoms with Crippen LogP contribution >= 0.6 is 12.2 Å². The van der Waals surface area contributed by atoms with Gasteiger partial charge < -0.3 is 5.84 Å². The predicted molar refractivity (Wildman–Crippen MR) is 53.4 cm³/mol. The Morgan fingerprint density at radius 2 is 2.15 bits per heavy atom. The fraction of sp³-hybridized carbons (Fsp3) is 0.750. The van der Waals surface area contributed by atoms with Gasteiger partial charge in [-0.3, -0.25) is 5.10 Å². The topological polar surface area (TPSA) is 59.6 Å². The van der Waals surface area contributed by atoms with Crippen molar-refractivity contribution in [3.8, 4) is 0 Å². The van der Waals surface area contributed by atoms with Gasteiger partial charge in [0.15, 0.2) is 5.82 Å². The van der Waals surface area contributed by atoms with Crippen molar-refractivity contribution in [3.63, 3.8) is 0 Å². The quantitative estimate of drug-likeness (QED) is 0.531. The van der Waals surface area contributed by atoms with Crippen molar-refractivity contribution in [2.75, 3.05) is 5.84 Å². The van der Waals surface area contributed by atoms with E-state index in [2.05, 4.69) is 17.1 Å². The zero-order valence-corrected chi connectivity index (χ0v) is 8.52. The van der Waals surface area contributed by atoms with Crippen LogP contribution in [0.15, 0.2) is 0 Å². The molecule has 1 aromatic rings. The molecule has 1 fully saturated rings. The molecule has 0 unspecified atom stereocenters. The Morgan fingerprint density at radius 3 is 2.62 bits per heavy atom. The van der Waals surface area contributed by atoms with Gasteiger partial charge >= 0.3 is 0 Å². The van der Waals surface area contributed by atoms with Crippen LogP contribution in [0.3, 0.4) is 0 Å². The highest BCUT2D eigenvalue weighted by molar-refractivity contribution is 7.71. The van der Waals surface area contributed by atoms with Gasteiger partial charge in [-0.1, -0.05) is 19.8 Å². The smallest absolute Gasteiger partial charge is 0.214 e. The van der Waals surface area contributed by atoms with Gasteiger partial charge in [-0.25, -0.2) is 4.68 Å². The highest BCUT2D eigenvalue weighted by Crippen LogP contribution is 2.38. The number of aromatic nitrogens is 3. The Balaban J connectivity index is 2.44. The van der Waals surface area contributed by atoms with E-state index in [1.54, 1.807) is 0 Å². The minimum Gasteiger partial charge on any atom is -0.335 e. The first-order valence-electron chi connectivity index (χ1n) is 4.56. The van der Waals surface area contributed by atoms with Gasteiger partial charge in [0.2, 0.25) is 4.77 Å². The first-order chi connectivity index (χ1) is 6.13. The lowest BCUT2D eigenvalue weighted by Gasteiger charge is -2.21. The van der Waals surface area contributed by atoms with E-state index in [1.807, 2.05) is 0 Å². The maximum Gasteiger partial charge on any atom is 0.214 e. The third-order valence-electron chi connectivity index (χ3n) is 2.95. The second kappa shape index (κ2) is 2.83. The van der Waals surface area contributed by atoms with Crippen molar-refractivity contribution in [1.29, 1.82) is 0 Å². The van der Waals surface area contributed by atoms with E-state index in [1.165, 1.54) is 17.5 Å². The average Bonchev–Trinajstić information content (AvgIpc) is 2.63. The minimum atomic E-state index is 0.127. The van der Waals surface area contributed by atoms with Crippen LogP contribution in [0.1, 0.15) is 38.4 Å². The summed E-state index contributed by atoms with van der Waals surface area (Å²) in [5, 5.41) is 6.92.